The van der Waals surface area contributed by atoms with E-state index < -0.39 is 0 Å². The molecule has 0 aromatic heterocycles. The third kappa shape index (κ3) is 4.55. The van der Waals surface area contributed by atoms with Gasteiger partial charge in [-0.1, -0.05) is 6.92 Å². The Morgan fingerprint density at radius 2 is 2.15 bits per heavy atom. The largest absolute Gasteiger partial charge is 0.503 e. The Balaban J connectivity index is 4.22. The summed E-state index contributed by atoms with van der Waals surface area (Å²) in [6.45, 7) is 5.00. The molecular weight excluding hydrogens is 164 g/mol. The fourth-order valence-electron chi connectivity index (χ4n) is 1.09. The van der Waals surface area contributed by atoms with Gasteiger partial charge < -0.3 is 9.64 Å². The number of allylic oxidation sites excluding steroid dienone is 1. The first-order chi connectivity index (χ1) is 6.15. The van der Waals surface area contributed by atoms with E-state index >= 15 is 0 Å². The zero-order valence-corrected chi connectivity index (χ0v) is 9.29. The van der Waals surface area contributed by atoms with Gasteiger partial charge in [0.05, 0.1) is 13.7 Å². The first-order valence-corrected chi connectivity index (χ1v) is 4.50. The van der Waals surface area contributed by atoms with Gasteiger partial charge in [-0.15, -0.1) is 0 Å². The van der Waals surface area contributed by atoms with Crippen LogP contribution in [0.2, 0.25) is 0 Å². The first-order valence-electron chi connectivity index (χ1n) is 4.50. The minimum Gasteiger partial charge on any atom is -0.503 e. The average Bonchev–Trinajstić information content (AvgIpc) is 2.13. The Morgan fingerprint density at radius 1 is 1.54 bits per heavy atom. The molecule has 0 rings (SSSR count). The Kier molecular flexibility index (Phi) is 6.02. The molecule has 0 radical (unpaired) electrons. The van der Waals surface area contributed by atoms with E-state index in [1.54, 1.807) is 13.4 Å². The van der Waals surface area contributed by atoms with Gasteiger partial charge in [0, 0.05) is 25.5 Å². The monoisotopic (exact) mass is 184 g/mol. The number of ether oxygens (including phenoxy) is 1. The second-order valence-corrected chi connectivity index (χ2v) is 3.01. The minimum absolute atomic E-state index is 0.861. The Bertz CT molecular complexity index is 197. The molecule has 0 atom stereocenters. The second kappa shape index (κ2) is 6.52. The van der Waals surface area contributed by atoms with Crippen molar-refractivity contribution in [3.05, 3.63) is 12.0 Å². The lowest BCUT2D eigenvalue weighted by molar-refractivity contribution is 0.312. The van der Waals surface area contributed by atoms with Crippen molar-refractivity contribution in [1.29, 1.82) is 0 Å². The zero-order chi connectivity index (χ0) is 10.3. The van der Waals surface area contributed by atoms with Crippen LogP contribution >= 0.6 is 0 Å². The molecule has 0 aromatic carbocycles. The Labute approximate surface area is 81.1 Å². The highest BCUT2D eigenvalue weighted by Crippen LogP contribution is 2.05. The van der Waals surface area contributed by atoms with Crippen LogP contribution in [-0.4, -0.2) is 38.4 Å². The van der Waals surface area contributed by atoms with E-state index in [0.717, 1.165) is 18.7 Å². The number of nitrogens with zero attached hydrogens (tertiary/aromatic N) is 2. The van der Waals surface area contributed by atoms with Gasteiger partial charge in [-0.2, -0.15) is 0 Å². The second-order valence-electron chi connectivity index (χ2n) is 3.01. The quantitative estimate of drug-likeness (QED) is 0.481. The van der Waals surface area contributed by atoms with E-state index in [9.17, 15) is 0 Å². The summed E-state index contributed by atoms with van der Waals surface area (Å²) in [7, 11) is 5.53. The van der Waals surface area contributed by atoms with Crippen LogP contribution in [0.25, 0.3) is 0 Å². The molecule has 0 spiro atoms. The number of hydrogen-bond donors (Lipinski definition) is 0. The van der Waals surface area contributed by atoms with Gasteiger partial charge in [-0.25, -0.2) is 0 Å². The molecule has 0 amide bonds. The van der Waals surface area contributed by atoms with Crippen LogP contribution in [-0.2, 0) is 4.74 Å². The highest BCUT2D eigenvalue weighted by atomic mass is 16.5. The third-order valence-corrected chi connectivity index (χ3v) is 1.95. The summed E-state index contributed by atoms with van der Waals surface area (Å²) >= 11 is 0. The van der Waals surface area contributed by atoms with Crippen molar-refractivity contribution in [2.75, 3.05) is 27.7 Å². The molecule has 0 N–H and O–H groups in total. The molecular formula is C10H20N2O. The SMILES string of the molecule is CC/C(=C\OC)N(C)CC(C)=NC. The van der Waals surface area contributed by atoms with Crippen molar-refractivity contribution in [2.45, 2.75) is 20.3 Å². The molecule has 13 heavy (non-hydrogen) atoms. The van der Waals surface area contributed by atoms with Crippen LogP contribution in [0, 0.1) is 0 Å². The van der Waals surface area contributed by atoms with Gasteiger partial charge in [0.15, 0.2) is 0 Å². The van der Waals surface area contributed by atoms with Gasteiger partial charge in [-0.3, -0.25) is 4.99 Å². The molecule has 0 aliphatic heterocycles. The van der Waals surface area contributed by atoms with E-state index in [4.69, 9.17) is 4.74 Å². The maximum absolute atomic E-state index is 4.99. The van der Waals surface area contributed by atoms with Crippen LogP contribution in [0.3, 0.4) is 0 Å². The van der Waals surface area contributed by atoms with E-state index in [1.165, 1.54) is 5.70 Å². The molecule has 0 fully saturated rings. The van der Waals surface area contributed by atoms with Crippen molar-refractivity contribution >= 4 is 5.71 Å². The predicted octanol–water partition coefficient (Wildman–Crippen LogP) is 1.91. The van der Waals surface area contributed by atoms with E-state index in [0.29, 0.717) is 0 Å². The summed E-state index contributed by atoms with van der Waals surface area (Å²) in [5, 5.41) is 0. The molecule has 0 heterocycles. The van der Waals surface area contributed by atoms with Gasteiger partial charge >= 0.3 is 0 Å². The smallest absolute Gasteiger partial charge is 0.102 e. The molecule has 0 aromatic rings. The van der Waals surface area contributed by atoms with Crippen LogP contribution in [0.4, 0.5) is 0 Å². The van der Waals surface area contributed by atoms with Crippen LogP contribution in [0.15, 0.2) is 17.0 Å². The predicted molar refractivity (Wildman–Crippen MR) is 57.0 cm³/mol. The topological polar surface area (TPSA) is 24.8 Å². The van der Waals surface area contributed by atoms with Gasteiger partial charge in [0.2, 0.25) is 0 Å². The summed E-state index contributed by atoms with van der Waals surface area (Å²) in [5.74, 6) is 0. The lowest BCUT2D eigenvalue weighted by Crippen LogP contribution is -2.23. The normalized spacial score (nSPS) is 13.0. The Morgan fingerprint density at radius 3 is 2.54 bits per heavy atom. The summed E-state index contributed by atoms with van der Waals surface area (Å²) in [6, 6.07) is 0. The van der Waals surface area contributed by atoms with Crippen molar-refractivity contribution < 1.29 is 4.74 Å². The maximum Gasteiger partial charge on any atom is 0.102 e. The molecule has 0 unspecified atom stereocenters. The molecule has 0 bridgehead atoms. The summed E-state index contributed by atoms with van der Waals surface area (Å²) in [5.41, 5.74) is 2.31. The fourth-order valence-corrected chi connectivity index (χ4v) is 1.09. The van der Waals surface area contributed by atoms with Gasteiger partial charge in [0.1, 0.15) is 6.26 Å². The Hall–Kier alpha value is -0.990. The van der Waals surface area contributed by atoms with Gasteiger partial charge in [-0.05, 0) is 13.3 Å². The lowest BCUT2D eigenvalue weighted by Gasteiger charge is -2.20. The molecule has 3 nitrogen and oxygen atoms in total. The molecule has 0 aliphatic carbocycles. The average molecular weight is 184 g/mol. The number of methoxy groups -OCH3 is 1. The molecule has 3 heteroatoms. The summed E-state index contributed by atoms with van der Waals surface area (Å²) in [6.07, 6.45) is 2.75. The van der Waals surface area contributed by atoms with Gasteiger partial charge in [0.25, 0.3) is 0 Å². The van der Waals surface area contributed by atoms with Crippen molar-refractivity contribution in [3.63, 3.8) is 0 Å². The lowest BCUT2D eigenvalue weighted by atomic mass is 10.3. The zero-order valence-electron chi connectivity index (χ0n) is 9.29. The highest BCUT2D eigenvalue weighted by Gasteiger charge is 2.03. The fraction of sp³-hybridized carbons (Fsp3) is 0.700. The summed E-state index contributed by atoms with van der Waals surface area (Å²) in [4.78, 5) is 6.26. The number of aliphatic imine (C=N–C) groups is 1. The van der Waals surface area contributed by atoms with Crippen molar-refractivity contribution in [2.24, 2.45) is 4.99 Å². The maximum atomic E-state index is 4.99. The highest BCUT2D eigenvalue weighted by molar-refractivity contribution is 5.83. The molecule has 0 aliphatic rings. The van der Waals surface area contributed by atoms with E-state index in [1.807, 2.05) is 21.0 Å². The van der Waals surface area contributed by atoms with Crippen LogP contribution < -0.4 is 0 Å². The standard InChI is InChI=1S/C10H20N2O/c1-6-10(8-13-5)12(4)7-9(2)11-3/h8H,6-7H2,1-5H3/b10-8+,11-9?. The van der Waals surface area contributed by atoms with Crippen molar-refractivity contribution in [3.8, 4) is 0 Å². The molecule has 0 saturated carbocycles. The summed E-state index contributed by atoms with van der Waals surface area (Å²) < 4.78 is 4.99. The first kappa shape index (κ1) is 12.0. The number of rotatable bonds is 5. The number of hydrogen-bond acceptors (Lipinski definition) is 3. The van der Waals surface area contributed by atoms with Crippen molar-refractivity contribution in [1.82, 2.24) is 4.90 Å². The molecule has 0 saturated heterocycles. The van der Waals surface area contributed by atoms with E-state index in [2.05, 4.69) is 16.8 Å². The molecule has 76 valence electrons. The van der Waals surface area contributed by atoms with Crippen LogP contribution in [0.1, 0.15) is 20.3 Å². The third-order valence-electron chi connectivity index (χ3n) is 1.95. The minimum atomic E-state index is 0.861. The van der Waals surface area contributed by atoms with Crippen LogP contribution in [0.5, 0.6) is 0 Å². The van der Waals surface area contributed by atoms with E-state index in [-0.39, 0.29) is 0 Å².